The number of aromatic nitrogens is 2. The molecule has 0 bridgehead atoms. The lowest BCUT2D eigenvalue weighted by Gasteiger charge is -2.36. The van der Waals surface area contributed by atoms with Gasteiger partial charge < -0.3 is 14.4 Å². The molecule has 2 amide bonds. The van der Waals surface area contributed by atoms with E-state index >= 15 is 0 Å². The Kier molecular flexibility index (Phi) is 4.01. The van der Waals surface area contributed by atoms with Crippen LogP contribution in [-0.4, -0.2) is 68.5 Å². The fraction of sp³-hybridized carbons (Fsp3) is 0.765. The first-order valence-electron chi connectivity index (χ1n) is 8.98. The summed E-state index contributed by atoms with van der Waals surface area (Å²) in [7, 11) is 2.04. The van der Waals surface area contributed by atoms with Crippen LogP contribution >= 0.6 is 0 Å². The highest BCUT2D eigenvalue weighted by atomic mass is 16.2. The van der Waals surface area contributed by atoms with Crippen LogP contribution in [0.15, 0.2) is 12.4 Å². The Morgan fingerprint density at radius 1 is 1.09 bits per heavy atom. The molecule has 4 rings (SSSR count). The minimum Gasteiger partial charge on any atom is -0.337 e. The molecular weight excluding hydrogens is 290 g/mol. The number of aryl methyl sites for hydroxylation is 1. The largest absolute Gasteiger partial charge is 0.337 e. The Morgan fingerprint density at radius 3 is 2.65 bits per heavy atom. The maximum absolute atomic E-state index is 12.7. The Balaban J connectivity index is 1.40. The van der Waals surface area contributed by atoms with Gasteiger partial charge in [0.25, 0.3) is 0 Å². The molecule has 6 heteroatoms. The molecule has 126 valence electrons. The third-order valence-corrected chi connectivity index (χ3v) is 5.77. The van der Waals surface area contributed by atoms with Crippen molar-refractivity contribution < 1.29 is 4.79 Å². The molecule has 3 heterocycles. The highest BCUT2D eigenvalue weighted by Gasteiger charge is 2.43. The Labute approximate surface area is 138 Å². The Morgan fingerprint density at radius 2 is 1.91 bits per heavy atom. The van der Waals surface area contributed by atoms with Crippen LogP contribution in [0.25, 0.3) is 0 Å². The predicted molar refractivity (Wildman–Crippen MR) is 88.0 cm³/mol. The second kappa shape index (κ2) is 6.15. The number of hydrogen-bond acceptors (Lipinski definition) is 3. The van der Waals surface area contributed by atoms with Gasteiger partial charge in [0, 0.05) is 51.7 Å². The summed E-state index contributed by atoms with van der Waals surface area (Å²) in [4.78, 5) is 23.9. The molecule has 2 saturated heterocycles. The zero-order valence-electron chi connectivity index (χ0n) is 14.0. The maximum Gasteiger partial charge on any atom is 0.320 e. The molecule has 1 atom stereocenters. The first-order valence-corrected chi connectivity index (χ1v) is 8.98. The van der Waals surface area contributed by atoms with Crippen LogP contribution in [0.2, 0.25) is 0 Å². The number of hydrogen-bond donors (Lipinski definition) is 0. The van der Waals surface area contributed by atoms with E-state index in [0.29, 0.717) is 18.1 Å². The lowest BCUT2D eigenvalue weighted by atomic mass is 9.94. The lowest BCUT2D eigenvalue weighted by molar-refractivity contribution is 0.113. The molecule has 23 heavy (non-hydrogen) atoms. The molecule has 0 spiro atoms. The molecule has 1 aromatic heterocycles. The number of fused-ring (bicyclic) bond motifs is 1. The average molecular weight is 317 g/mol. The number of carbonyl (C=O) groups is 1. The summed E-state index contributed by atoms with van der Waals surface area (Å²) in [6, 6.07) is 1.14. The van der Waals surface area contributed by atoms with Gasteiger partial charge >= 0.3 is 6.03 Å². The monoisotopic (exact) mass is 317 g/mol. The average Bonchev–Trinajstić information content (AvgIpc) is 3.12. The van der Waals surface area contributed by atoms with Gasteiger partial charge in [-0.1, -0.05) is 19.3 Å². The van der Waals surface area contributed by atoms with Crippen LogP contribution in [0.4, 0.5) is 4.79 Å². The molecule has 0 aromatic carbocycles. The van der Waals surface area contributed by atoms with Crippen molar-refractivity contribution in [1.82, 2.24) is 24.3 Å². The molecular formula is C17H27N5O. The number of rotatable bonds is 3. The number of urea groups is 1. The smallest absolute Gasteiger partial charge is 0.320 e. The first-order chi connectivity index (χ1) is 11.2. The fourth-order valence-electron chi connectivity index (χ4n) is 4.39. The SMILES string of the molecule is Cn1ccnc1CN1CCN2C(=O)N(C3CCCCC3)CC2C1. The van der Waals surface area contributed by atoms with Crippen molar-refractivity contribution in [3.05, 3.63) is 18.2 Å². The normalized spacial score (nSPS) is 26.8. The van der Waals surface area contributed by atoms with Gasteiger partial charge in [-0.15, -0.1) is 0 Å². The second-order valence-electron chi connectivity index (χ2n) is 7.26. The summed E-state index contributed by atoms with van der Waals surface area (Å²) in [6.45, 7) is 4.58. The second-order valence-corrected chi connectivity index (χ2v) is 7.26. The summed E-state index contributed by atoms with van der Waals surface area (Å²) < 4.78 is 2.08. The van der Waals surface area contributed by atoms with E-state index in [-0.39, 0.29) is 0 Å². The predicted octanol–water partition coefficient (Wildman–Crippen LogP) is 1.67. The van der Waals surface area contributed by atoms with E-state index < -0.39 is 0 Å². The molecule has 3 aliphatic rings. The van der Waals surface area contributed by atoms with E-state index in [2.05, 4.69) is 24.3 Å². The molecule has 1 unspecified atom stereocenters. The van der Waals surface area contributed by atoms with Crippen molar-refractivity contribution in [3.8, 4) is 0 Å². The van der Waals surface area contributed by atoms with Gasteiger partial charge in [-0.25, -0.2) is 9.78 Å². The van der Waals surface area contributed by atoms with E-state index in [9.17, 15) is 4.79 Å². The van der Waals surface area contributed by atoms with Crippen molar-refractivity contribution in [1.29, 1.82) is 0 Å². The van der Waals surface area contributed by atoms with E-state index in [1.807, 2.05) is 19.4 Å². The topological polar surface area (TPSA) is 44.6 Å². The van der Waals surface area contributed by atoms with Crippen LogP contribution in [-0.2, 0) is 13.6 Å². The number of carbonyl (C=O) groups excluding carboxylic acids is 1. The number of nitrogens with zero attached hydrogens (tertiary/aromatic N) is 5. The number of amides is 2. The maximum atomic E-state index is 12.7. The fourth-order valence-corrected chi connectivity index (χ4v) is 4.39. The summed E-state index contributed by atoms with van der Waals surface area (Å²) in [6.07, 6.45) is 10.1. The van der Waals surface area contributed by atoms with E-state index in [4.69, 9.17) is 0 Å². The van der Waals surface area contributed by atoms with Crippen molar-refractivity contribution in [2.75, 3.05) is 26.2 Å². The van der Waals surface area contributed by atoms with Gasteiger partial charge in [0.1, 0.15) is 5.82 Å². The molecule has 0 radical (unpaired) electrons. The Hall–Kier alpha value is -1.56. The molecule has 1 saturated carbocycles. The van der Waals surface area contributed by atoms with Crippen LogP contribution in [0.1, 0.15) is 37.9 Å². The summed E-state index contributed by atoms with van der Waals surface area (Å²) in [5.41, 5.74) is 0. The molecule has 1 aliphatic carbocycles. The van der Waals surface area contributed by atoms with Crippen molar-refractivity contribution in [2.45, 2.75) is 50.7 Å². The van der Waals surface area contributed by atoms with Crippen molar-refractivity contribution >= 4 is 6.03 Å². The quantitative estimate of drug-likeness (QED) is 0.852. The van der Waals surface area contributed by atoms with Crippen LogP contribution in [0, 0.1) is 0 Å². The number of piperazine rings is 1. The van der Waals surface area contributed by atoms with Gasteiger partial charge in [-0.2, -0.15) is 0 Å². The first kappa shape index (κ1) is 15.0. The molecule has 3 fully saturated rings. The van der Waals surface area contributed by atoms with Crippen molar-refractivity contribution in [3.63, 3.8) is 0 Å². The highest BCUT2D eigenvalue weighted by molar-refractivity contribution is 5.77. The molecule has 6 nitrogen and oxygen atoms in total. The molecule has 2 aliphatic heterocycles. The van der Waals surface area contributed by atoms with E-state index in [1.165, 1.54) is 32.1 Å². The van der Waals surface area contributed by atoms with Gasteiger partial charge in [-0.05, 0) is 12.8 Å². The van der Waals surface area contributed by atoms with Crippen LogP contribution < -0.4 is 0 Å². The van der Waals surface area contributed by atoms with Gasteiger partial charge in [0.05, 0.1) is 12.6 Å². The highest BCUT2D eigenvalue weighted by Crippen LogP contribution is 2.29. The van der Waals surface area contributed by atoms with E-state index in [1.54, 1.807) is 0 Å². The summed E-state index contributed by atoms with van der Waals surface area (Å²) in [5, 5.41) is 0. The zero-order chi connectivity index (χ0) is 15.8. The summed E-state index contributed by atoms with van der Waals surface area (Å²) >= 11 is 0. The van der Waals surface area contributed by atoms with Gasteiger partial charge in [0.15, 0.2) is 0 Å². The Bertz CT molecular complexity index is 565. The third-order valence-electron chi connectivity index (χ3n) is 5.77. The third kappa shape index (κ3) is 2.84. The standard InChI is InChI=1S/C17H27N5O/c1-19-8-7-18-16(19)13-20-9-10-21-15(11-20)12-22(17(21)23)14-5-3-2-4-6-14/h7-8,14-15H,2-6,9-13H2,1H3. The summed E-state index contributed by atoms with van der Waals surface area (Å²) in [5.74, 6) is 1.10. The molecule has 0 N–H and O–H groups in total. The van der Waals surface area contributed by atoms with E-state index in [0.717, 1.165) is 38.5 Å². The zero-order valence-corrected chi connectivity index (χ0v) is 14.0. The van der Waals surface area contributed by atoms with Crippen LogP contribution in [0.3, 0.4) is 0 Å². The van der Waals surface area contributed by atoms with Gasteiger partial charge in [-0.3, -0.25) is 4.90 Å². The minimum atomic E-state index is 0.290. The lowest BCUT2D eigenvalue weighted by Crippen LogP contribution is -2.51. The van der Waals surface area contributed by atoms with Crippen LogP contribution in [0.5, 0.6) is 0 Å². The van der Waals surface area contributed by atoms with Crippen molar-refractivity contribution in [2.24, 2.45) is 7.05 Å². The molecule has 1 aromatic rings. The van der Waals surface area contributed by atoms with Gasteiger partial charge in [0.2, 0.25) is 0 Å². The number of imidazole rings is 1. The minimum absolute atomic E-state index is 0.290.